The van der Waals surface area contributed by atoms with E-state index >= 15 is 0 Å². The summed E-state index contributed by atoms with van der Waals surface area (Å²) in [5.41, 5.74) is 2.84. The Balaban J connectivity index is 2.15. The summed E-state index contributed by atoms with van der Waals surface area (Å²) in [6, 6.07) is 16.0. The van der Waals surface area contributed by atoms with Gasteiger partial charge < -0.3 is 4.74 Å². The van der Waals surface area contributed by atoms with Crippen LogP contribution in [-0.4, -0.2) is 17.1 Å². The number of benzene rings is 2. The Labute approximate surface area is 122 Å². The molecule has 1 aromatic heterocycles. The largest absolute Gasteiger partial charge is 0.494 e. The first kappa shape index (κ1) is 12.9. The number of hydrogen-bond acceptors (Lipinski definition) is 3. The molecule has 0 atom stereocenters. The van der Waals surface area contributed by atoms with Crippen molar-refractivity contribution in [2.75, 3.05) is 7.11 Å². The van der Waals surface area contributed by atoms with Crippen LogP contribution in [0.2, 0.25) is 5.28 Å². The van der Waals surface area contributed by atoms with Gasteiger partial charge in [0.1, 0.15) is 11.3 Å². The fourth-order valence-electron chi connectivity index (χ4n) is 2.25. The summed E-state index contributed by atoms with van der Waals surface area (Å²) in [6.07, 6.45) is 0.715. The first-order valence-corrected chi connectivity index (χ1v) is 6.69. The highest BCUT2D eigenvalue weighted by Gasteiger charge is 2.11. The van der Waals surface area contributed by atoms with Crippen LogP contribution in [0.3, 0.4) is 0 Å². The van der Waals surface area contributed by atoms with Crippen LogP contribution in [0.25, 0.3) is 10.9 Å². The fraction of sp³-hybridized carbons (Fsp3) is 0.125. The third-order valence-electron chi connectivity index (χ3n) is 3.18. The van der Waals surface area contributed by atoms with Crippen molar-refractivity contribution >= 4 is 22.5 Å². The van der Waals surface area contributed by atoms with E-state index < -0.39 is 0 Å². The maximum atomic E-state index is 6.04. The smallest absolute Gasteiger partial charge is 0.223 e. The number of aromatic nitrogens is 2. The van der Waals surface area contributed by atoms with Gasteiger partial charge in [-0.1, -0.05) is 42.5 Å². The minimum absolute atomic E-state index is 0.243. The van der Waals surface area contributed by atoms with Gasteiger partial charge in [-0.3, -0.25) is 0 Å². The molecule has 4 heteroatoms. The highest BCUT2D eigenvalue weighted by atomic mass is 35.5. The summed E-state index contributed by atoms with van der Waals surface area (Å²) in [4.78, 5) is 8.65. The van der Waals surface area contributed by atoms with E-state index in [-0.39, 0.29) is 5.28 Å². The highest BCUT2D eigenvalue weighted by molar-refractivity contribution is 6.28. The zero-order valence-electron chi connectivity index (χ0n) is 11.0. The average Bonchev–Trinajstić information content (AvgIpc) is 2.47. The topological polar surface area (TPSA) is 35.0 Å². The standard InChI is InChI=1S/C16H13ClN2O/c1-20-14-9-5-8-12-13(18-16(17)19-15(12)14)10-11-6-3-2-4-7-11/h2-9H,10H2,1H3. The monoisotopic (exact) mass is 284 g/mol. The van der Waals surface area contributed by atoms with Crippen molar-refractivity contribution in [1.29, 1.82) is 0 Å². The van der Waals surface area contributed by atoms with Crippen LogP contribution >= 0.6 is 11.6 Å². The van der Waals surface area contributed by atoms with Gasteiger partial charge in [-0.2, -0.15) is 0 Å². The summed E-state index contributed by atoms with van der Waals surface area (Å²) in [5, 5.41) is 1.21. The quantitative estimate of drug-likeness (QED) is 0.685. The van der Waals surface area contributed by atoms with Crippen molar-refractivity contribution in [2.45, 2.75) is 6.42 Å². The van der Waals surface area contributed by atoms with E-state index in [1.165, 1.54) is 5.56 Å². The van der Waals surface area contributed by atoms with Crippen molar-refractivity contribution in [3.05, 3.63) is 65.1 Å². The summed E-state index contributed by atoms with van der Waals surface area (Å²) < 4.78 is 5.34. The third-order valence-corrected chi connectivity index (χ3v) is 3.34. The lowest BCUT2D eigenvalue weighted by atomic mass is 10.1. The molecule has 0 bridgehead atoms. The molecule has 20 heavy (non-hydrogen) atoms. The normalized spacial score (nSPS) is 10.7. The molecule has 0 N–H and O–H groups in total. The lowest BCUT2D eigenvalue weighted by Gasteiger charge is -2.09. The number of nitrogens with zero attached hydrogens (tertiary/aromatic N) is 2. The maximum absolute atomic E-state index is 6.04. The molecule has 0 aliphatic heterocycles. The second-order valence-electron chi connectivity index (χ2n) is 4.46. The molecule has 3 nitrogen and oxygen atoms in total. The molecule has 0 amide bonds. The first-order valence-electron chi connectivity index (χ1n) is 6.31. The van der Waals surface area contributed by atoms with Crippen LogP contribution < -0.4 is 4.74 Å². The van der Waals surface area contributed by atoms with Crippen molar-refractivity contribution < 1.29 is 4.74 Å². The van der Waals surface area contributed by atoms with Crippen LogP contribution in [0, 0.1) is 0 Å². The molecule has 0 spiro atoms. The van der Waals surface area contributed by atoms with Gasteiger partial charge in [0.25, 0.3) is 0 Å². The number of fused-ring (bicyclic) bond motifs is 1. The summed E-state index contributed by atoms with van der Waals surface area (Å²) >= 11 is 6.04. The predicted molar refractivity (Wildman–Crippen MR) is 80.3 cm³/mol. The molecule has 3 rings (SSSR count). The molecule has 0 saturated heterocycles. The molecule has 0 aliphatic rings. The number of para-hydroxylation sites is 1. The Hall–Kier alpha value is -2.13. The number of ether oxygens (including phenoxy) is 1. The van der Waals surface area contributed by atoms with E-state index in [1.807, 2.05) is 36.4 Å². The first-order chi connectivity index (χ1) is 9.78. The Morgan fingerprint density at radius 3 is 2.55 bits per heavy atom. The third kappa shape index (κ3) is 2.45. The SMILES string of the molecule is COc1cccc2c(Cc3ccccc3)nc(Cl)nc12. The fourth-order valence-corrected chi connectivity index (χ4v) is 2.43. The Bertz CT molecular complexity index is 744. The van der Waals surface area contributed by atoms with Gasteiger partial charge >= 0.3 is 0 Å². The van der Waals surface area contributed by atoms with Gasteiger partial charge in [-0.25, -0.2) is 9.97 Å². The van der Waals surface area contributed by atoms with Gasteiger partial charge in [0.15, 0.2) is 0 Å². The van der Waals surface area contributed by atoms with Gasteiger partial charge in [0, 0.05) is 11.8 Å². The van der Waals surface area contributed by atoms with Crippen LogP contribution in [0.15, 0.2) is 48.5 Å². The molecular formula is C16H13ClN2O. The Kier molecular flexibility index (Phi) is 3.52. The minimum Gasteiger partial charge on any atom is -0.494 e. The lowest BCUT2D eigenvalue weighted by Crippen LogP contribution is -1.98. The summed E-state index contributed by atoms with van der Waals surface area (Å²) in [7, 11) is 1.63. The van der Waals surface area contributed by atoms with E-state index in [0.29, 0.717) is 12.2 Å². The molecular weight excluding hydrogens is 272 g/mol. The van der Waals surface area contributed by atoms with E-state index in [1.54, 1.807) is 7.11 Å². The van der Waals surface area contributed by atoms with Gasteiger partial charge in [0.2, 0.25) is 5.28 Å². The second-order valence-corrected chi connectivity index (χ2v) is 4.80. The summed E-state index contributed by atoms with van der Waals surface area (Å²) in [6.45, 7) is 0. The van der Waals surface area contributed by atoms with Gasteiger partial charge in [0.05, 0.1) is 12.8 Å². The van der Waals surface area contributed by atoms with Gasteiger partial charge in [-0.15, -0.1) is 0 Å². The van der Waals surface area contributed by atoms with Crippen molar-refractivity contribution in [2.24, 2.45) is 0 Å². The van der Waals surface area contributed by atoms with Crippen LogP contribution in [0.1, 0.15) is 11.3 Å². The molecule has 0 unspecified atom stereocenters. The highest BCUT2D eigenvalue weighted by Crippen LogP contribution is 2.27. The van der Waals surface area contributed by atoms with Crippen molar-refractivity contribution in [1.82, 2.24) is 9.97 Å². The molecule has 1 heterocycles. The van der Waals surface area contributed by atoms with E-state index in [2.05, 4.69) is 22.1 Å². The number of rotatable bonds is 3. The molecule has 0 radical (unpaired) electrons. The molecule has 0 aliphatic carbocycles. The molecule has 100 valence electrons. The number of hydrogen-bond donors (Lipinski definition) is 0. The zero-order valence-corrected chi connectivity index (χ0v) is 11.8. The molecule has 0 fully saturated rings. The van der Waals surface area contributed by atoms with Crippen LogP contribution in [0.5, 0.6) is 5.75 Å². The van der Waals surface area contributed by atoms with Gasteiger partial charge in [-0.05, 0) is 23.2 Å². The van der Waals surface area contributed by atoms with Crippen molar-refractivity contribution in [3.8, 4) is 5.75 Å². The molecule has 0 saturated carbocycles. The second kappa shape index (κ2) is 5.47. The molecule has 3 aromatic rings. The van der Waals surface area contributed by atoms with Crippen LogP contribution in [-0.2, 0) is 6.42 Å². The molecule has 2 aromatic carbocycles. The average molecular weight is 285 g/mol. The zero-order chi connectivity index (χ0) is 13.9. The predicted octanol–water partition coefficient (Wildman–Crippen LogP) is 3.88. The van der Waals surface area contributed by atoms with Crippen LogP contribution in [0.4, 0.5) is 0 Å². The minimum atomic E-state index is 0.243. The number of halogens is 1. The maximum Gasteiger partial charge on any atom is 0.223 e. The number of methoxy groups -OCH3 is 1. The lowest BCUT2D eigenvalue weighted by molar-refractivity contribution is 0.419. The van der Waals surface area contributed by atoms with E-state index in [4.69, 9.17) is 16.3 Å². The van der Waals surface area contributed by atoms with E-state index in [9.17, 15) is 0 Å². The Morgan fingerprint density at radius 2 is 1.80 bits per heavy atom. The summed E-state index contributed by atoms with van der Waals surface area (Å²) in [5.74, 6) is 0.709. The van der Waals surface area contributed by atoms with E-state index in [0.717, 1.165) is 16.6 Å². The van der Waals surface area contributed by atoms with Crippen molar-refractivity contribution in [3.63, 3.8) is 0 Å². The Morgan fingerprint density at radius 1 is 1.00 bits per heavy atom.